The highest BCUT2D eigenvalue weighted by molar-refractivity contribution is 4.68. The minimum absolute atomic E-state index is 0.614. The average molecular weight is 214 g/mol. The molecule has 0 fully saturated rings. The monoisotopic (exact) mass is 214 g/mol. The molecular weight excluding hydrogens is 184 g/mol. The molecule has 0 saturated carbocycles. The van der Waals surface area contributed by atoms with Gasteiger partial charge < -0.3 is 10.2 Å². The maximum absolute atomic E-state index is 3.49. The van der Waals surface area contributed by atoms with Crippen molar-refractivity contribution in [3.63, 3.8) is 0 Å². The first-order chi connectivity index (χ1) is 7.11. The zero-order chi connectivity index (χ0) is 11.7. The molecule has 0 aliphatic heterocycles. The normalized spacial score (nSPS) is 13.8. The molecule has 0 aliphatic rings. The van der Waals surface area contributed by atoms with Crippen LogP contribution in [0.5, 0.6) is 0 Å². The molecule has 0 aliphatic carbocycles. The van der Waals surface area contributed by atoms with E-state index in [4.69, 9.17) is 0 Å². The van der Waals surface area contributed by atoms with Gasteiger partial charge in [0.2, 0.25) is 0 Å². The molecule has 15 heavy (non-hydrogen) atoms. The van der Waals surface area contributed by atoms with E-state index in [1.54, 1.807) is 0 Å². The van der Waals surface area contributed by atoms with E-state index < -0.39 is 0 Å². The van der Waals surface area contributed by atoms with Crippen LogP contribution in [-0.4, -0.2) is 36.6 Å². The maximum atomic E-state index is 3.49. The molecule has 0 spiro atoms. The number of hydrogen-bond acceptors (Lipinski definition) is 2. The highest BCUT2D eigenvalue weighted by Crippen LogP contribution is 2.05. The van der Waals surface area contributed by atoms with Crippen molar-refractivity contribution in [3.8, 4) is 0 Å². The van der Waals surface area contributed by atoms with E-state index in [2.05, 4.69) is 44.8 Å². The van der Waals surface area contributed by atoms with Crippen LogP contribution >= 0.6 is 0 Å². The van der Waals surface area contributed by atoms with E-state index in [0.717, 1.165) is 12.6 Å². The Morgan fingerprint density at radius 3 is 1.93 bits per heavy atom. The lowest BCUT2D eigenvalue weighted by atomic mass is 10.1. The Bertz CT molecular complexity index is 128. The van der Waals surface area contributed by atoms with Crippen molar-refractivity contribution in [2.75, 3.05) is 19.6 Å². The minimum atomic E-state index is 0.614. The first-order valence-corrected chi connectivity index (χ1v) is 6.59. The van der Waals surface area contributed by atoms with Crippen molar-refractivity contribution >= 4 is 0 Å². The van der Waals surface area contributed by atoms with E-state index in [1.807, 2.05) is 0 Å². The molecule has 1 atom stereocenters. The zero-order valence-corrected chi connectivity index (χ0v) is 11.3. The smallest absolute Gasteiger partial charge is 0.00790 e. The lowest BCUT2D eigenvalue weighted by molar-refractivity contribution is 0.198. The topological polar surface area (TPSA) is 15.3 Å². The van der Waals surface area contributed by atoms with Crippen LogP contribution in [0.1, 0.15) is 53.9 Å². The third-order valence-corrected chi connectivity index (χ3v) is 2.76. The van der Waals surface area contributed by atoms with Crippen molar-refractivity contribution in [1.82, 2.24) is 10.2 Å². The Kier molecular flexibility index (Phi) is 9.12. The summed E-state index contributed by atoms with van der Waals surface area (Å²) in [6, 6.07) is 1.33. The summed E-state index contributed by atoms with van der Waals surface area (Å²) < 4.78 is 0. The van der Waals surface area contributed by atoms with Gasteiger partial charge in [0.1, 0.15) is 0 Å². The summed E-state index contributed by atoms with van der Waals surface area (Å²) in [7, 11) is 0. The third kappa shape index (κ3) is 7.80. The van der Waals surface area contributed by atoms with Gasteiger partial charge in [0.15, 0.2) is 0 Å². The van der Waals surface area contributed by atoms with Crippen LogP contribution < -0.4 is 5.32 Å². The molecule has 2 nitrogen and oxygen atoms in total. The summed E-state index contributed by atoms with van der Waals surface area (Å²) in [4.78, 5) is 2.61. The van der Waals surface area contributed by atoms with Crippen molar-refractivity contribution < 1.29 is 0 Å². The van der Waals surface area contributed by atoms with Crippen molar-refractivity contribution in [2.45, 2.75) is 66.0 Å². The Labute approximate surface area is 96.4 Å². The summed E-state index contributed by atoms with van der Waals surface area (Å²) in [5, 5.41) is 3.49. The Morgan fingerprint density at radius 2 is 1.53 bits per heavy atom. The van der Waals surface area contributed by atoms with Gasteiger partial charge in [0, 0.05) is 12.1 Å². The van der Waals surface area contributed by atoms with Crippen LogP contribution in [0.3, 0.4) is 0 Å². The van der Waals surface area contributed by atoms with Crippen LogP contribution in [0, 0.1) is 0 Å². The van der Waals surface area contributed by atoms with E-state index >= 15 is 0 Å². The van der Waals surface area contributed by atoms with Gasteiger partial charge in [-0.15, -0.1) is 0 Å². The molecule has 0 radical (unpaired) electrons. The Balaban J connectivity index is 3.74. The lowest BCUT2D eigenvalue weighted by Crippen LogP contribution is -2.37. The SMILES string of the molecule is CCCN(CCC)C(C)CCNC(C)C. The molecule has 0 saturated heterocycles. The van der Waals surface area contributed by atoms with Gasteiger partial charge in [-0.25, -0.2) is 0 Å². The predicted molar refractivity (Wildman–Crippen MR) is 69.4 cm³/mol. The summed E-state index contributed by atoms with van der Waals surface area (Å²) in [6.07, 6.45) is 3.79. The van der Waals surface area contributed by atoms with Gasteiger partial charge in [-0.3, -0.25) is 0 Å². The van der Waals surface area contributed by atoms with Gasteiger partial charge in [0.25, 0.3) is 0 Å². The number of nitrogens with one attached hydrogen (secondary N) is 1. The zero-order valence-electron chi connectivity index (χ0n) is 11.3. The predicted octanol–water partition coefficient (Wildman–Crippen LogP) is 2.89. The van der Waals surface area contributed by atoms with Crippen molar-refractivity contribution in [1.29, 1.82) is 0 Å². The third-order valence-electron chi connectivity index (χ3n) is 2.76. The fourth-order valence-corrected chi connectivity index (χ4v) is 1.89. The highest BCUT2D eigenvalue weighted by atomic mass is 15.1. The van der Waals surface area contributed by atoms with Crippen molar-refractivity contribution in [2.24, 2.45) is 0 Å². The molecule has 0 heterocycles. The van der Waals surface area contributed by atoms with Crippen LogP contribution in [0.4, 0.5) is 0 Å². The Morgan fingerprint density at radius 1 is 1.00 bits per heavy atom. The molecular formula is C13H30N2. The summed E-state index contributed by atoms with van der Waals surface area (Å²) >= 11 is 0. The molecule has 0 amide bonds. The first kappa shape index (κ1) is 14.9. The fraction of sp³-hybridized carbons (Fsp3) is 1.00. The standard InChI is InChI=1S/C13H30N2/c1-6-10-15(11-7-2)13(5)8-9-14-12(3)4/h12-14H,6-11H2,1-5H3. The Hall–Kier alpha value is -0.0800. The van der Waals surface area contributed by atoms with Gasteiger partial charge in [-0.1, -0.05) is 27.7 Å². The molecule has 92 valence electrons. The second kappa shape index (κ2) is 9.17. The minimum Gasteiger partial charge on any atom is -0.314 e. The van der Waals surface area contributed by atoms with Crippen LogP contribution in [-0.2, 0) is 0 Å². The average Bonchev–Trinajstić information content (AvgIpc) is 2.16. The lowest BCUT2D eigenvalue weighted by Gasteiger charge is -2.28. The molecule has 0 aromatic carbocycles. The number of nitrogens with zero attached hydrogens (tertiary/aromatic N) is 1. The van der Waals surface area contributed by atoms with Gasteiger partial charge in [-0.05, 0) is 45.8 Å². The van der Waals surface area contributed by atoms with Crippen LogP contribution in [0.25, 0.3) is 0 Å². The summed E-state index contributed by atoms with van der Waals surface area (Å²) in [5.74, 6) is 0. The van der Waals surface area contributed by atoms with Gasteiger partial charge in [0.05, 0.1) is 0 Å². The fourth-order valence-electron chi connectivity index (χ4n) is 1.89. The van der Waals surface area contributed by atoms with E-state index in [9.17, 15) is 0 Å². The van der Waals surface area contributed by atoms with E-state index in [0.29, 0.717) is 6.04 Å². The summed E-state index contributed by atoms with van der Waals surface area (Å²) in [5.41, 5.74) is 0. The van der Waals surface area contributed by atoms with Gasteiger partial charge in [-0.2, -0.15) is 0 Å². The molecule has 0 aromatic rings. The molecule has 1 N–H and O–H groups in total. The second-order valence-corrected chi connectivity index (χ2v) is 4.78. The second-order valence-electron chi connectivity index (χ2n) is 4.78. The van der Waals surface area contributed by atoms with Crippen molar-refractivity contribution in [3.05, 3.63) is 0 Å². The quantitative estimate of drug-likeness (QED) is 0.635. The van der Waals surface area contributed by atoms with E-state index in [-0.39, 0.29) is 0 Å². The molecule has 0 bridgehead atoms. The number of hydrogen-bond donors (Lipinski definition) is 1. The van der Waals surface area contributed by atoms with E-state index in [1.165, 1.54) is 32.4 Å². The summed E-state index contributed by atoms with van der Waals surface area (Å²) in [6.45, 7) is 14.9. The van der Waals surface area contributed by atoms with Crippen LogP contribution in [0.2, 0.25) is 0 Å². The first-order valence-electron chi connectivity index (χ1n) is 6.59. The largest absolute Gasteiger partial charge is 0.314 e. The maximum Gasteiger partial charge on any atom is 0.00790 e. The van der Waals surface area contributed by atoms with Crippen LogP contribution in [0.15, 0.2) is 0 Å². The molecule has 0 aromatic heterocycles. The number of rotatable bonds is 9. The highest BCUT2D eigenvalue weighted by Gasteiger charge is 2.11. The molecule has 2 heteroatoms. The molecule has 0 rings (SSSR count). The molecule has 1 unspecified atom stereocenters. The van der Waals surface area contributed by atoms with Gasteiger partial charge >= 0.3 is 0 Å².